The molecule has 0 aromatic carbocycles. The molecule has 2 aliphatic rings. The van der Waals surface area contributed by atoms with Crippen LogP contribution >= 0.6 is 11.6 Å². The number of nitrogens with zero attached hydrogens (tertiary/aromatic N) is 2. The lowest BCUT2D eigenvalue weighted by Gasteiger charge is -1.93. The minimum atomic E-state index is -2.98. The molecule has 0 aliphatic carbocycles. The quantitative estimate of drug-likeness (QED) is 0.476. The molecule has 0 saturated carbocycles. The summed E-state index contributed by atoms with van der Waals surface area (Å²) in [5.74, 6) is -0.831. The van der Waals surface area contributed by atoms with Crippen molar-refractivity contribution < 1.29 is 22.7 Å². The summed E-state index contributed by atoms with van der Waals surface area (Å²) in [7, 11) is -2.98. The van der Waals surface area contributed by atoms with Crippen molar-refractivity contribution in [2.24, 2.45) is 0 Å². The highest BCUT2D eigenvalue weighted by Crippen LogP contribution is 2.32. The maximum absolute atomic E-state index is 11.6. The van der Waals surface area contributed by atoms with Crippen molar-refractivity contribution in [2.75, 3.05) is 0 Å². The number of sulfone groups is 1. The molecule has 2 N–H and O–H groups in total. The molecule has 0 saturated heterocycles. The fraction of sp³-hybridized carbons (Fsp3) is 0. The van der Waals surface area contributed by atoms with Gasteiger partial charge in [-0.25, -0.2) is 13.4 Å². The Kier molecular flexibility index (Phi) is 4.43. The fourth-order valence-electron chi connectivity index (χ4n) is 1.99. The first kappa shape index (κ1) is 16.9. The maximum atomic E-state index is 11.6. The van der Waals surface area contributed by atoms with Crippen LogP contribution in [0.4, 0.5) is 0 Å². The Morgan fingerprint density at radius 3 is 2.36 bits per heavy atom. The highest BCUT2D eigenvalue weighted by atomic mass is 35.5. The molecule has 2 aliphatic heterocycles. The second kappa shape index (κ2) is 6.54. The average Bonchev–Trinajstić information content (AvgIpc) is 3.34. The maximum Gasteiger partial charge on any atom is 0.226 e. The number of furan rings is 1. The number of aliphatic hydroxyl groups is 1. The molecular formula is C15H10ClN3O5S. The molecule has 10 heteroatoms. The van der Waals surface area contributed by atoms with E-state index < -0.39 is 15.6 Å². The number of H-pyrrole nitrogens is 1. The predicted octanol–water partition coefficient (Wildman–Crippen LogP) is 2.59. The third-order valence-electron chi connectivity index (χ3n) is 3.21. The van der Waals surface area contributed by atoms with Gasteiger partial charge in [0.05, 0.1) is 21.1 Å². The number of aromatic amines is 1. The van der Waals surface area contributed by atoms with Crippen molar-refractivity contribution in [3.8, 4) is 0 Å². The number of carbonyl (C=O) groups excluding carboxylic acids is 1. The van der Waals surface area contributed by atoms with Crippen LogP contribution in [0.3, 0.4) is 0 Å². The van der Waals surface area contributed by atoms with Crippen LogP contribution in [0.1, 0.15) is 16.4 Å². The summed E-state index contributed by atoms with van der Waals surface area (Å²) in [6.45, 7) is 0. The van der Waals surface area contributed by atoms with Crippen LogP contribution in [0, 0.1) is 0 Å². The molecule has 2 bridgehead atoms. The van der Waals surface area contributed by atoms with Gasteiger partial charge in [0.15, 0.2) is 17.3 Å². The van der Waals surface area contributed by atoms with Gasteiger partial charge in [-0.2, -0.15) is 5.10 Å². The molecule has 2 aromatic rings. The summed E-state index contributed by atoms with van der Waals surface area (Å²) in [5, 5.41) is 15.6. The number of carbonyl (C=O) groups is 1. The van der Waals surface area contributed by atoms with Gasteiger partial charge in [-0.15, -0.1) is 0 Å². The van der Waals surface area contributed by atoms with E-state index in [9.17, 15) is 18.3 Å². The molecular weight excluding hydrogens is 370 g/mol. The van der Waals surface area contributed by atoms with Crippen molar-refractivity contribution in [1.29, 1.82) is 0 Å². The van der Waals surface area contributed by atoms with Gasteiger partial charge in [0.2, 0.25) is 15.6 Å². The molecule has 4 rings (SSSR count). The number of allylic oxidation sites excluding steroid dienone is 5. The summed E-state index contributed by atoms with van der Waals surface area (Å²) in [6.07, 6.45) is 9.91. The first-order valence-electron chi connectivity index (χ1n) is 6.78. The van der Waals surface area contributed by atoms with Crippen molar-refractivity contribution in [1.82, 2.24) is 15.2 Å². The molecule has 128 valence electrons. The first-order chi connectivity index (χ1) is 11.9. The Bertz CT molecular complexity index is 1010. The molecule has 0 atom stereocenters. The lowest BCUT2D eigenvalue weighted by molar-refractivity contribution is 0.102. The van der Waals surface area contributed by atoms with Crippen LogP contribution in [-0.2, 0) is 9.84 Å². The minimum Gasteiger partial charge on any atom is -0.504 e. The smallest absolute Gasteiger partial charge is 0.226 e. The van der Waals surface area contributed by atoms with Crippen molar-refractivity contribution in [3.63, 3.8) is 0 Å². The van der Waals surface area contributed by atoms with E-state index >= 15 is 0 Å². The number of aromatic nitrogens is 3. The van der Waals surface area contributed by atoms with Crippen molar-refractivity contribution in [3.05, 3.63) is 75.5 Å². The summed E-state index contributed by atoms with van der Waals surface area (Å²) >= 11 is 5.68. The molecule has 0 unspecified atom stereocenters. The lowest BCUT2D eigenvalue weighted by Crippen LogP contribution is -1.96. The van der Waals surface area contributed by atoms with Gasteiger partial charge in [0.25, 0.3) is 0 Å². The topological polar surface area (TPSA) is 126 Å². The third-order valence-corrected chi connectivity index (χ3v) is 5.29. The van der Waals surface area contributed by atoms with Crippen LogP contribution < -0.4 is 0 Å². The number of rotatable bonds is 3. The number of fused-ring (bicyclic) bond motifs is 2. The second-order valence-electron chi connectivity index (χ2n) is 4.80. The summed E-state index contributed by atoms with van der Waals surface area (Å²) < 4.78 is 26.8. The summed E-state index contributed by atoms with van der Waals surface area (Å²) in [4.78, 5) is 16.1. The second-order valence-corrected chi connectivity index (χ2v) is 7.16. The van der Waals surface area contributed by atoms with Crippen LogP contribution in [0.2, 0.25) is 5.02 Å². The van der Waals surface area contributed by atoms with Gasteiger partial charge in [-0.05, 0) is 30.4 Å². The Hall–Kier alpha value is -2.91. The zero-order chi connectivity index (χ0) is 18.0. The molecule has 0 fully saturated rings. The van der Waals surface area contributed by atoms with Crippen molar-refractivity contribution >= 4 is 33.0 Å². The van der Waals surface area contributed by atoms with E-state index in [4.69, 9.17) is 16.0 Å². The van der Waals surface area contributed by atoms with E-state index in [1.54, 1.807) is 24.3 Å². The highest BCUT2D eigenvalue weighted by molar-refractivity contribution is 8.00. The van der Waals surface area contributed by atoms with Gasteiger partial charge in [-0.1, -0.05) is 11.6 Å². The Balaban J connectivity index is 0.000000170. The largest absolute Gasteiger partial charge is 0.504 e. The summed E-state index contributed by atoms with van der Waals surface area (Å²) in [5.41, 5.74) is 0. The SMILES string of the molecule is O=C(C=C(O)c1ncn[nH]1)c1occc1Cl.O=S1(=O)C2=CC=C1C=C2. The normalized spacial score (nSPS) is 16.9. The average molecular weight is 380 g/mol. The Morgan fingerprint density at radius 2 is 1.96 bits per heavy atom. The number of aliphatic hydroxyl groups excluding tert-OH is 1. The fourth-order valence-corrected chi connectivity index (χ4v) is 3.44. The molecule has 0 radical (unpaired) electrons. The van der Waals surface area contributed by atoms with E-state index in [2.05, 4.69) is 15.2 Å². The Morgan fingerprint density at radius 1 is 1.28 bits per heavy atom. The van der Waals surface area contributed by atoms with Gasteiger partial charge >= 0.3 is 0 Å². The monoisotopic (exact) mass is 379 g/mol. The van der Waals surface area contributed by atoms with E-state index in [1.807, 2.05) is 0 Å². The number of nitrogens with one attached hydrogen (secondary N) is 1. The minimum absolute atomic E-state index is 0.0345. The third kappa shape index (κ3) is 3.32. The van der Waals surface area contributed by atoms with Gasteiger partial charge in [-0.3, -0.25) is 9.89 Å². The highest BCUT2D eigenvalue weighted by Gasteiger charge is 2.28. The predicted molar refractivity (Wildman–Crippen MR) is 89.3 cm³/mol. The van der Waals surface area contributed by atoms with Crippen LogP contribution in [0.25, 0.3) is 5.76 Å². The molecule has 0 spiro atoms. The van der Waals surface area contributed by atoms with Gasteiger partial charge < -0.3 is 9.52 Å². The zero-order valence-electron chi connectivity index (χ0n) is 12.4. The number of halogens is 1. The standard InChI is InChI=1S/C9H6ClN3O3.C6H4O2S/c10-5-1-2-16-8(5)6(14)3-7(15)9-11-4-12-13-9;7-9(8)5-1-2-6(9)4-3-5/h1-4,15H,(H,11,12,13);1-4H. The number of hydrogen-bond acceptors (Lipinski definition) is 7. The van der Waals surface area contributed by atoms with Crippen LogP contribution in [-0.4, -0.2) is 34.5 Å². The molecule has 2 aromatic heterocycles. The van der Waals surface area contributed by atoms with E-state index in [-0.39, 0.29) is 22.4 Å². The van der Waals surface area contributed by atoms with Crippen LogP contribution in [0.5, 0.6) is 0 Å². The van der Waals surface area contributed by atoms with E-state index in [0.29, 0.717) is 9.81 Å². The lowest BCUT2D eigenvalue weighted by atomic mass is 10.2. The zero-order valence-corrected chi connectivity index (χ0v) is 14.0. The van der Waals surface area contributed by atoms with E-state index in [1.165, 1.54) is 18.7 Å². The molecule has 8 nitrogen and oxygen atoms in total. The molecule has 25 heavy (non-hydrogen) atoms. The molecule has 0 amide bonds. The van der Waals surface area contributed by atoms with Crippen LogP contribution in [0.15, 0.2) is 63.3 Å². The van der Waals surface area contributed by atoms with Gasteiger partial charge in [0.1, 0.15) is 6.33 Å². The first-order valence-corrected chi connectivity index (χ1v) is 8.64. The number of hydrogen-bond donors (Lipinski definition) is 2. The number of ketones is 1. The summed E-state index contributed by atoms with van der Waals surface area (Å²) in [6, 6.07) is 1.44. The van der Waals surface area contributed by atoms with Crippen molar-refractivity contribution in [2.45, 2.75) is 0 Å². The Labute approximate surface area is 146 Å². The van der Waals surface area contributed by atoms with Gasteiger partial charge in [0, 0.05) is 6.08 Å². The van der Waals surface area contributed by atoms with E-state index in [0.717, 1.165) is 6.08 Å². The molecule has 4 heterocycles.